The summed E-state index contributed by atoms with van der Waals surface area (Å²) < 4.78 is 11.3. The monoisotopic (exact) mass is 398 g/mol. The van der Waals surface area contributed by atoms with E-state index < -0.39 is 12.0 Å². The lowest BCUT2D eigenvalue weighted by molar-refractivity contribution is -0.135. The lowest BCUT2D eigenvalue weighted by Crippen LogP contribution is -2.36. The first kappa shape index (κ1) is 18.1. The van der Waals surface area contributed by atoms with Gasteiger partial charge in [0.15, 0.2) is 0 Å². The largest absolute Gasteiger partial charge is 0.456 e. The number of hydrogen-bond acceptors (Lipinski definition) is 5. The van der Waals surface area contributed by atoms with Gasteiger partial charge in [0.2, 0.25) is 5.43 Å². The van der Waals surface area contributed by atoms with Gasteiger partial charge in [-0.2, -0.15) is 0 Å². The normalized spacial score (nSPS) is 12.4. The number of nitrogens with one attached hydrogen (secondary N) is 1. The SMILES string of the molecule is NC(Cc1c[nH]c2ccccc12)C(=O)Oc1ccc2c(=O)c3ccccc3oc2c1. The molecule has 2 heterocycles. The zero-order valence-corrected chi connectivity index (χ0v) is 15.9. The average molecular weight is 398 g/mol. The summed E-state index contributed by atoms with van der Waals surface area (Å²) in [5.41, 5.74) is 8.75. The molecule has 0 aliphatic rings. The molecule has 0 aliphatic carbocycles. The molecule has 5 aromatic rings. The zero-order valence-electron chi connectivity index (χ0n) is 15.9. The van der Waals surface area contributed by atoms with Crippen LogP contribution in [0.25, 0.3) is 32.8 Å². The van der Waals surface area contributed by atoms with Gasteiger partial charge in [-0.3, -0.25) is 4.79 Å². The molecule has 2 aromatic heterocycles. The van der Waals surface area contributed by atoms with E-state index in [-0.39, 0.29) is 11.2 Å². The van der Waals surface area contributed by atoms with Crippen molar-refractivity contribution in [3.05, 3.63) is 88.7 Å². The van der Waals surface area contributed by atoms with Crippen molar-refractivity contribution < 1.29 is 13.9 Å². The van der Waals surface area contributed by atoms with Gasteiger partial charge in [0.25, 0.3) is 0 Å². The van der Waals surface area contributed by atoms with Gasteiger partial charge >= 0.3 is 5.97 Å². The summed E-state index contributed by atoms with van der Waals surface area (Å²) in [6.07, 6.45) is 2.20. The van der Waals surface area contributed by atoms with E-state index in [1.165, 1.54) is 0 Å². The van der Waals surface area contributed by atoms with Crippen LogP contribution in [-0.2, 0) is 11.2 Å². The van der Waals surface area contributed by atoms with Crippen molar-refractivity contribution >= 4 is 38.8 Å². The number of nitrogens with two attached hydrogens (primary N) is 1. The Hall–Kier alpha value is -3.90. The number of carbonyl (C=O) groups excluding carboxylic acids is 1. The van der Waals surface area contributed by atoms with Crippen LogP contribution in [0.4, 0.5) is 0 Å². The highest BCUT2D eigenvalue weighted by molar-refractivity contribution is 5.91. The van der Waals surface area contributed by atoms with Crippen LogP contribution in [0.3, 0.4) is 0 Å². The molecule has 0 saturated carbocycles. The van der Waals surface area contributed by atoms with Gasteiger partial charge < -0.3 is 19.9 Å². The molecule has 6 nitrogen and oxygen atoms in total. The third-order valence-electron chi connectivity index (χ3n) is 5.19. The van der Waals surface area contributed by atoms with E-state index in [9.17, 15) is 9.59 Å². The second-order valence-corrected chi connectivity index (χ2v) is 7.18. The van der Waals surface area contributed by atoms with E-state index in [0.29, 0.717) is 28.4 Å². The van der Waals surface area contributed by atoms with Crippen molar-refractivity contribution in [1.29, 1.82) is 0 Å². The van der Waals surface area contributed by atoms with Gasteiger partial charge in [0.05, 0.1) is 10.8 Å². The number of rotatable bonds is 4. The second kappa shape index (κ2) is 7.17. The standard InChI is InChI=1S/C24H18N2O4/c25-19(11-14-13-26-20-7-3-1-5-16(14)20)24(28)29-15-9-10-18-22(12-15)30-21-8-4-2-6-17(21)23(18)27/h1-10,12-13,19,26H,11,25H2. The number of benzene rings is 3. The summed E-state index contributed by atoms with van der Waals surface area (Å²) >= 11 is 0. The van der Waals surface area contributed by atoms with Gasteiger partial charge in [-0.25, -0.2) is 4.79 Å². The predicted octanol–water partition coefficient (Wildman–Crippen LogP) is 3.90. The first-order valence-corrected chi connectivity index (χ1v) is 9.58. The predicted molar refractivity (Wildman–Crippen MR) is 116 cm³/mol. The number of fused-ring (bicyclic) bond motifs is 3. The molecule has 3 N–H and O–H groups in total. The van der Waals surface area contributed by atoms with Gasteiger partial charge in [-0.15, -0.1) is 0 Å². The lowest BCUT2D eigenvalue weighted by Gasteiger charge is -2.11. The van der Waals surface area contributed by atoms with Gasteiger partial charge in [0.1, 0.15) is 23.0 Å². The molecular formula is C24H18N2O4. The summed E-state index contributed by atoms with van der Waals surface area (Å²) in [5, 5.41) is 1.96. The smallest absolute Gasteiger partial charge is 0.328 e. The Labute approximate surface area is 170 Å². The number of esters is 1. The molecule has 0 amide bonds. The van der Waals surface area contributed by atoms with Crippen LogP contribution in [0, 0.1) is 0 Å². The van der Waals surface area contributed by atoms with Gasteiger partial charge in [0, 0.05) is 29.6 Å². The van der Waals surface area contributed by atoms with E-state index >= 15 is 0 Å². The summed E-state index contributed by atoms with van der Waals surface area (Å²) in [6, 6.07) is 18.7. The highest BCUT2D eigenvalue weighted by Gasteiger charge is 2.19. The minimum absolute atomic E-state index is 0.124. The third kappa shape index (κ3) is 3.13. The Morgan fingerprint density at radius 2 is 1.70 bits per heavy atom. The van der Waals surface area contributed by atoms with Crippen molar-refractivity contribution in [1.82, 2.24) is 4.98 Å². The van der Waals surface area contributed by atoms with Crippen molar-refractivity contribution in [3.63, 3.8) is 0 Å². The fraction of sp³-hybridized carbons (Fsp3) is 0.0833. The van der Waals surface area contributed by atoms with Crippen LogP contribution >= 0.6 is 0 Å². The number of ether oxygens (including phenoxy) is 1. The average Bonchev–Trinajstić information content (AvgIpc) is 3.16. The van der Waals surface area contributed by atoms with Crippen molar-refractivity contribution in [2.24, 2.45) is 5.73 Å². The minimum atomic E-state index is -0.830. The number of H-pyrrole nitrogens is 1. The molecule has 1 unspecified atom stereocenters. The van der Waals surface area contributed by atoms with Crippen molar-refractivity contribution in [2.75, 3.05) is 0 Å². The van der Waals surface area contributed by atoms with Crippen LogP contribution in [-0.4, -0.2) is 17.0 Å². The molecule has 0 radical (unpaired) electrons. The van der Waals surface area contributed by atoms with E-state index in [0.717, 1.165) is 16.5 Å². The Morgan fingerprint density at radius 1 is 0.967 bits per heavy atom. The Balaban J connectivity index is 1.39. The molecule has 3 aromatic carbocycles. The topological polar surface area (TPSA) is 98.3 Å². The molecule has 1 atom stereocenters. The molecule has 6 heteroatoms. The number of aromatic nitrogens is 1. The maximum absolute atomic E-state index is 12.6. The first-order valence-electron chi connectivity index (χ1n) is 9.58. The molecule has 0 aliphatic heterocycles. The third-order valence-corrected chi connectivity index (χ3v) is 5.19. The molecule has 0 spiro atoms. The van der Waals surface area contributed by atoms with Gasteiger partial charge in [-0.05, 0) is 35.9 Å². The van der Waals surface area contributed by atoms with E-state index in [2.05, 4.69) is 4.98 Å². The molecule has 148 valence electrons. The molecule has 0 fully saturated rings. The summed E-state index contributed by atoms with van der Waals surface area (Å²) in [7, 11) is 0. The van der Waals surface area contributed by atoms with Crippen LogP contribution in [0.2, 0.25) is 0 Å². The maximum atomic E-state index is 12.6. The summed E-state index contributed by atoms with van der Waals surface area (Å²) in [4.78, 5) is 28.3. The van der Waals surface area contributed by atoms with Crippen LogP contribution in [0.15, 0.2) is 82.1 Å². The van der Waals surface area contributed by atoms with E-state index in [1.54, 1.807) is 42.5 Å². The highest BCUT2D eigenvalue weighted by Crippen LogP contribution is 2.24. The fourth-order valence-electron chi connectivity index (χ4n) is 3.66. The van der Waals surface area contributed by atoms with Crippen LogP contribution in [0.5, 0.6) is 5.75 Å². The first-order chi connectivity index (χ1) is 14.6. The van der Waals surface area contributed by atoms with Crippen molar-refractivity contribution in [3.8, 4) is 5.75 Å². The molecule has 0 saturated heterocycles. The second-order valence-electron chi connectivity index (χ2n) is 7.18. The fourth-order valence-corrected chi connectivity index (χ4v) is 3.66. The molecule has 5 rings (SSSR count). The zero-order chi connectivity index (χ0) is 20.7. The Bertz CT molecular complexity index is 1460. The maximum Gasteiger partial charge on any atom is 0.328 e. The van der Waals surface area contributed by atoms with Crippen LogP contribution < -0.4 is 15.9 Å². The van der Waals surface area contributed by atoms with E-state index in [1.807, 2.05) is 30.5 Å². The van der Waals surface area contributed by atoms with Gasteiger partial charge in [-0.1, -0.05) is 30.3 Å². The molecule has 30 heavy (non-hydrogen) atoms. The highest BCUT2D eigenvalue weighted by atomic mass is 16.5. The number of carbonyl (C=O) groups is 1. The number of para-hydroxylation sites is 2. The minimum Gasteiger partial charge on any atom is -0.456 e. The van der Waals surface area contributed by atoms with Crippen LogP contribution in [0.1, 0.15) is 5.56 Å². The molecular weight excluding hydrogens is 380 g/mol. The summed E-state index contributed by atoms with van der Waals surface area (Å²) in [6.45, 7) is 0. The lowest BCUT2D eigenvalue weighted by atomic mass is 10.1. The van der Waals surface area contributed by atoms with Crippen molar-refractivity contribution in [2.45, 2.75) is 12.5 Å². The Kier molecular flexibility index (Phi) is 4.34. The number of hydrogen-bond donors (Lipinski definition) is 2. The summed E-state index contributed by atoms with van der Waals surface area (Å²) in [5.74, 6) is -0.275. The van der Waals surface area contributed by atoms with E-state index in [4.69, 9.17) is 14.9 Å². The number of aromatic amines is 1. The Morgan fingerprint density at radius 3 is 2.57 bits per heavy atom. The quantitative estimate of drug-likeness (QED) is 0.272. The molecule has 0 bridgehead atoms.